The summed E-state index contributed by atoms with van der Waals surface area (Å²) >= 11 is 0. The molecule has 2 aromatic carbocycles. The minimum atomic E-state index is 0.0701. The molecule has 1 aliphatic rings. The largest absolute Gasteiger partial charge is 0.490 e. The van der Waals surface area contributed by atoms with Crippen molar-refractivity contribution in [2.24, 2.45) is 0 Å². The fourth-order valence-electron chi connectivity index (χ4n) is 2.53. The molecule has 2 nitrogen and oxygen atoms in total. The topological polar surface area (TPSA) is 21.8 Å². The van der Waals surface area contributed by atoms with Crippen LogP contribution in [0, 0.1) is 0 Å². The van der Waals surface area contributed by atoms with Crippen LogP contribution in [0.15, 0.2) is 48.5 Å². The number of hydrogen-bond donors (Lipinski definition) is 0. The summed E-state index contributed by atoms with van der Waals surface area (Å²) in [5.74, 6) is 0.948. The van der Waals surface area contributed by atoms with Crippen LogP contribution < -0.4 is 4.74 Å². The molecule has 1 heterocycles. The molecule has 1 saturated heterocycles. The molecule has 0 radical (unpaired) electrons. The zero-order chi connectivity index (χ0) is 14.9. The summed E-state index contributed by atoms with van der Waals surface area (Å²) in [5, 5.41) is 0. The van der Waals surface area contributed by atoms with E-state index in [4.69, 9.17) is 9.47 Å². The van der Waals surface area contributed by atoms with Crippen LogP contribution in [0.5, 0.6) is 5.75 Å². The van der Waals surface area contributed by atoms with Crippen LogP contribution in [0.3, 0.4) is 0 Å². The lowest BCUT2D eigenvalue weighted by molar-refractivity contribution is 0.263. The number of benzene rings is 2. The van der Waals surface area contributed by atoms with Gasteiger partial charge in [-0.3, -0.25) is 0 Å². The number of ether oxygens (including phenoxy) is 2. The van der Waals surface area contributed by atoms with Gasteiger partial charge in [-0.25, -0.2) is 0 Å². The molecule has 0 spiro atoms. The van der Waals surface area contributed by atoms with E-state index in [1.807, 2.05) is 6.07 Å². The Morgan fingerprint density at radius 3 is 2.38 bits per heavy atom. The molecule has 2 aromatic rings. The highest BCUT2D eigenvalue weighted by Gasteiger charge is 2.25. The second-order valence-corrected chi connectivity index (χ2v) is 6.56. The minimum Gasteiger partial charge on any atom is -0.490 e. The molecule has 110 valence electrons. The van der Waals surface area contributed by atoms with Gasteiger partial charge in [0.1, 0.15) is 18.5 Å². The molecule has 0 N–H and O–H groups in total. The summed E-state index contributed by atoms with van der Waals surface area (Å²) in [6.45, 7) is 8.17. The minimum absolute atomic E-state index is 0.0701. The van der Waals surface area contributed by atoms with Crippen molar-refractivity contribution in [3.05, 3.63) is 54.1 Å². The smallest absolute Gasteiger partial charge is 0.127 e. The van der Waals surface area contributed by atoms with E-state index in [-0.39, 0.29) is 11.5 Å². The molecule has 2 heteroatoms. The van der Waals surface area contributed by atoms with E-state index >= 15 is 0 Å². The van der Waals surface area contributed by atoms with Gasteiger partial charge in [-0.2, -0.15) is 0 Å². The average Bonchev–Trinajstić information content (AvgIpc) is 3.29. The maximum atomic E-state index is 6.03. The summed E-state index contributed by atoms with van der Waals surface area (Å²) in [7, 11) is 0. The molecule has 0 amide bonds. The lowest BCUT2D eigenvalue weighted by atomic mass is 9.81. The Labute approximate surface area is 126 Å². The summed E-state index contributed by atoms with van der Waals surface area (Å²) < 4.78 is 11.3. The van der Waals surface area contributed by atoms with Gasteiger partial charge in [-0.1, -0.05) is 63.2 Å². The van der Waals surface area contributed by atoms with Crippen LogP contribution in [0.1, 0.15) is 26.3 Å². The third-order valence-corrected chi connectivity index (χ3v) is 3.72. The monoisotopic (exact) mass is 282 g/mol. The molecule has 0 bridgehead atoms. The first-order valence-corrected chi connectivity index (χ1v) is 7.49. The predicted molar refractivity (Wildman–Crippen MR) is 85.8 cm³/mol. The zero-order valence-corrected chi connectivity index (χ0v) is 12.9. The molecular formula is C19H22O2. The van der Waals surface area contributed by atoms with Crippen LogP contribution in [-0.4, -0.2) is 19.3 Å². The fourth-order valence-corrected chi connectivity index (χ4v) is 2.53. The second-order valence-electron chi connectivity index (χ2n) is 6.56. The van der Waals surface area contributed by atoms with Crippen molar-refractivity contribution in [1.82, 2.24) is 0 Å². The van der Waals surface area contributed by atoms with Gasteiger partial charge in [-0.05, 0) is 22.6 Å². The van der Waals surface area contributed by atoms with Crippen molar-refractivity contribution in [3.8, 4) is 16.9 Å². The first-order valence-electron chi connectivity index (χ1n) is 7.49. The third-order valence-electron chi connectivity index (χ3n) is 3.72. The van der Waals surface area contributed by atoms with Crippen molar-refractivity contribution in [1.29, 1.82) is 0 Å². The van der Waals surface area contributed by atoms with E-state index in [0.717, 1.165) is 12.4 Å². The molecule has 1 fully saturated rings. The van der Waals surface area contributed by atoms with E-state index in [0.29, 0.717) is 6.61 Å². The normalized spacial score (nSPS) is 17.6. The molecular weight excluding hydrogens is 260 g/mol. The molecule has 0 aliphatic carbocycles. The third kappa shape index (κ3) is 3.27. The second kappa shape index (κ2) is 5.53. The molecule has 21 heavy (non-hydrogen) atoms. The summed E-state index contributed by atoms with van der Waals surface area (Å²) in [5.41, 5.74) is 3.78. The highest BCUT2D eigenvalue weighted by molar-refractivity contribution is 5.75. The van der Waals surface area contributed by atoms with Crippen molar-refractivity contribution in [2.75, 3.05) is 13.2 Å². The van der Waals surface area contributed by atoms with Gasteiger partial charge in [0.15, 0.2) is 0 Å². The number of rotatable bonds is 4. The maximum absolute atomic E-state index is 6.03. The molecule has 0 aromatic heterocycles. The Morgan fingerprint density at radius 2 is 1.76 bits per heavy atom. The van der Waals surface area contributed by atoms with E-state index in [1.54, 1.807) is 0 Å². The quantitative estimate of drug-likeness (QED) is 0.774. The number of hydrogen-bond acceptors (Lipinski definition) is 2. The van der Waals surface area contributed by atoms with E-state index in [9.17, 15) is 0 Å². The lowest BCUT2D eigenvalue weighted by Crippen LogP contribution is -2.14. The zero-order valence-electron chi connectivity index (χ0n) is 12.9. The molecule has 3 rings (SSSR count). The van der Waals surface area contributed by atoms with Gasteiger partial charge < -0.3 is 9.47 Å². The van der Waals surface area contributed by atoms with Crippen molar-refractivity contribution >= 4 is 0 Å². The van der Waals surface area contributed by atoms with Gasteiger partial charge in [0, 0.05) is 5.56 Å². The summed E-state index contributed by atoms with van der Waals surface area (Å²) in [6, 6.07) is 16.8. The Morgan fingerprint density at radius 1 is 1.05 bits per heavy atom. The van der Waals surface area contributed by atoms with Gasteiger partial charge in [-0.15, -0.1) is 0 Å². The SMILES string of the molecule is CC(C)(C)c1cccc(OCC2CO2)c1-c1ccccc1. The Bertz CT molecular complexity index is 607. The van der Waals surface area contributed by atoms with Gasteiger partial charge >= 0.3 is 0 Å². The Hall–Kier alpha value is -1.80. The van der Waals surface area contributed by atoms with E-state index in [1.165, 1.54) is 16.7 Å². The first-order chi connectivity index (χ1) is 10.1. The molecule has 1 unspecified atom stereocenters. The van der Waals surface area contributed by atoms with Gasteiger partial charge in [0.05, 0.1) is 6.61 Å². The fraction of sp³-hybridized carbons (Fsp3) is 0.368. The van der Waals surface area contributed by atoms with Crippen molar-refractivity contribution in [2.45, 2.75) is 32.3 Å². The predicted octanol–water partition coefficient (Wildman–Crippen LogP) is 4.43. The van der Waals surface area contributed by atoms with Crippen molar-refractivity contribution < 1.29 is 9.47 Å². The van der Waals surface area contributed by atoms with Crippen LogP contribution >= 0.6 is 0 Å². The van der Waals surface area contributed by atoms with Gasteiger partial charge in [0.2, 0.25) is 0 Å². The highest BCUT2D eigenvalue weighted by Crippen LogP contribution is 2.39. The Kier molecular flexibility index (Phi) is 3.73. The standard InChI is InChI=1S/C19H22O2/c1-19(2,3)16-10-7-11-17(21-13-15-12-20-15)18(16)14-8-5-4-6-9-14/h4-11,15H,12-13H2,1-3H3. The highest BCUT2D eigenvalue weighted by atomic mass is 16.6. The lowest BCUT2D eigenvalue weighted by Gasteiger charge is -2.25. The molecule has 1 atom stereocenters. The van der Waals surface area contributed by atoms with Crippen LogP contribution in [0.2, 0.25) is 0 Å². The van der Waals surface area contributed by atoms with Gasteiger partial charge in [0.25, 0.3) is 0 Å². The van der Waals surface area contributed by atoms with E-state index in [2.05, 4.69) is 63.2 Å². The van der Waals surface area contributed by atoms with Crippen LogP contribution in [0.4, 0.5) is 0 Å². The van der Waals surface area contributed by atoms with E-state index < -0.39 is 0 Å². The average molecular weight is 282 g/mol. The summed E-state index contributed by atoms with van der Waals surface area (Å²) in [6.07, 6.45) is 0.270. The first kappa shape index (κ1) is 14.2. The maximum Gasteiger partial charge on any atom is 0.127 e. The Balaban J connectivity index is 2.06. The van der Waals surface area contributed by atoms with Crippen molar-refractivity contribution in [3.63, 3.8) is 0 Å². The molecule has 0 saturated carbocycles. The van der Waals surface area contributed by atoms with Crippen LogP contribution in [-0.2, 0) is 10.2 Å². The molecule has 1 aliphatic heterocycles. The number of epoxide rings is 1. The van der Waals surface area contributed by atoms with Crippen LogP contribution in [0.25, 0.3) is 11.1 Å². The summed E-state index contributed by atoms with van der Waals surface area (Å²) in [4.78, 5) is 0.